The summed E-state index contributed by atoms with van der Waals surface area (Å²) in [5, 5.41) is 4.70. The number of para-hydroxylation sites is 4. The van der Waals surface area contributed by atoms with E-state index in [1.807, 2.05) is 36.4 Å². The third kappa shape index (κ3) is 4.14. The lowest BCUT2D eigenvalue weighted by molar-refractivity contribution is 1.18. The molecule has 0 unspecified atom stereocenters. The maximum atomic E-state index is 8.08. The summed E-state index contributed by atoms with van der Waals surface area (Å²) in [6.45, 7) is 15.7. The van der Waals surface area contributed by atoms with E-state index < -0.39 is 0 Å². The van der Waals surface area contributed by atoms with E-state index in [-0.39, 0.29) is 0 Å². The van der Waals surface area contributed by atoms with Crippen molar-refractivity contribution in [2.75, 3.05) is 0 Å². The SMILES string of the molecule is [C-]#[N+]c1ccc2c3ccccc3n(-c3ccc(-c4ccc([N+]#[C-])c(-c5ccccc5-n5c6ccccc6c6ccccc65)c4)cc3)c2c1. The third-order valence-corrected chi connectivity index (χ3v) is 9.38. The number of fused-ring (bicyclic) bond motifs is 6. The number of benzene rings is 7. The zero-order chi connectivity index (χ0) is 32.2. The molecule has 2 heterocycles. The maximum absolute atomic E-state index is 8.08. The summed E-state index contributed by atoms with van der Waals surface area (Å²) in [6.07, 6.45) is 0. The number of rotatable bonds is 4. The first-order chi connectivity index (χ1) is 23.7. The quantitative estimate of drug-likeness (QED) is 0.177. The summed E-state index contributed by atoms with van der Waals surface area (Å²) in [7, 11) is 0. The monoisotopic (exact) mass is 610 g/mol. The van der Waals surface area contributed by atoms with Crippen molar-refractivity contribution in [2.45, 2.75) is 0 Å². The number of hydrogen-bond donors (Lipinski definition) is 0. The van der Waals surface area contributed by atoms with E-state index in [2.05, 4.69) is 140 Å². The van der Waals surface area contributed by atoms with E-state index in [0.29, 0.717) is 11.4 Å². The summed E-state index contributed by atoms with van der Waals surface area (Å²) >= 11 is 0. The minimum Gasteiger partial charge on any atom is -0.311 e. The average Bonchev–Trinajstić information content (AvgIpc) is 3.67. The summed E-state index contributed by atoms with van der Waals surface area (Å²) in [4.78, 5) is 7.66. The Hall–Kier alpha value is -6.88. The van der Waals surface area contributed by atoms with Crippen LogP contribution in [0.25, 0.3) is 86.9 Å². The highest BCUT2D eigenvalue weighted by Crippen LogP contribution is 2.41. The van der Waals surface area contributed by atoms with Gasteiger partial charge in [0.15, 0.2) is 11.4 Å². The summed E-state index contributed by atoms with van der Waals surface area (Å²) in [5.41, 5.74) is 11.7. The minimum atomic E-state index is 0.615. The van der Waals surface area contributed by atoms with Crippen LogP contribution in [-0.2, 0) is 0 Å². The standard InChI is InChI=1S/C44H26N4/c1-45-31-22-25-37-35-13-3-7-15-40(35)47(44(37)28-31)32-23-19-29(20-24-32)30-21-26-39(46-2)38(27-30)36-14-6-10-18-43(36)48-41-16-8-4-11-33(41)34-12-5-9-17-42(34)48/h3-28H. The fraction of sp³-hybridized carbons (Fsp3) is 0. The molecule has 0 N–H and O–H groups in total. The van der Waals surface area contributed by atoms with Gasteiger partial charge in [-0.1, -0.05) is 115 Å². The van der Waals surface area contributed by atoms with Crippen LogP contribution in [0, 0.1) is 13.1 Å². The van der Waals surface area contributed by atoms with Crippen LogP contribution in [0.15, 0.2) is 158 Å². The Morgan fingerprint density at radius 1 is 0.396 bits per heavy atom. The van der Waals surface area contributed by atoms with E-state index in [1.165, 1.54) is 10.8 Å². The van der Waals surface area contributed by atoms with Crippen molar-refractivity contribution >= 4 is 55.0 Å². The molecule has 0 saturated carbocycles. The highest BCUT2D eigenvalue weighted by atomic mass is 15.0. The lowest BCUT2D eigenvalue weighted by Gasteiger charge is -2.16. The predicted octanol–water partition coefficient (Wildman–Crippen LogP) is 12.3. The third-order valence-electron chi connectivity index (χ3n) is 9.38. The fourth-order valence-corrected chi connectivity index (χ4v) is 7.22. The summed E-state index contributed by atoms with van der Waals surface area (Å²) < 4.78 is 4.55. The van der Waals surface area contributed by atoms with Gasteiger partial charge in [-0.15, -0.1) is 0 Å². The molecule has 4 nitrogen and oxygen atoms in total. The van der Waals surface area contributed by atoms with E-state index in [0.717, 1.165) is 66.5 Å². The molecule has 0 amide bonds. The van der Waals surface area contributed by atoms with Crippen molar-refractivity contribution in [1.82, 2.24) is 9.13 Å². The molecule has 0 radical (unpaired) electrons. The lowest BCUT2D eigenvalue weighted by atomic mass is 9.96. The van der Waals surface area contributed by atoms with Gasteiger partial charge in [0.1, 0.15) is 0 Å². The Kier molecular flexibility index (Phi) is 6.22. The zero-order valence-corrected chi connectivity index (χ0v) is 25.8. The highest BCUT2D eigenvalue weighted by molar-refractivity contribution is 6.11. The first-order valence-electron chi connectivity index (χ1n) is 15.8. The van der Waals surface area contributed by atoms with Crippen LogP contribution >= 0.6 is 0 Å². The average molecular weight is 611 g/mol. The molecule has 2 aromatic heterocycles. The van der Waals surface area contributed by atoms with Crippen LogP contribution < -0.4 is 0 Å². The molecule has 0 bridgehead atoms. The molecule has 0 spiro atoms. The predicted molar refractivity (Wildman–Crippen MR) is 199 cm³/mol. The molecule has 0 atom stereocenters. The molecule has 7 aromatic carbocycles. The van der Waals surface area contributed by atoms with Crippen LogP contribution in [0.5, 0.6) is 0 Å². The Morgan fingerprint density at radius 2 is 0.958 bits per heavy atom. The number of aromatic nitrogens is 2. The van der Waals surface area contributed by atoms with Crippen molar-refractivity contribution < 1.29 is 0 Å². The smallest absolute Gasteiger partial charge is 0.195 e. The Balaban J connectivity index is 1.19. The molecule has 9 aromatic rings. The van der Waals surface area contributed by atoms with Crippen molar-refractivity contribution in [1.29, 1.82) is 0 Å². The van der Waals surface area contributed by atoms with Gasteiger partial charge in [0, 0.05) is 32.7 Å². The van der Waals surface area contributed by atoms with Gasteiger partial charge in [-0.25, -0.2) is 9.69 Å². The van der Waals surface area contributed by atoms with Gasteiger partial charge in [-0.2, -0.15) is 0 Å². The number of nitrogens with zero attached hydrogens (tertiary/aromatic N) is 4. The van der Waals surface area contributed by atoms with E-state index in [1.54, 1.807) is 0 Å². The van der Waals surface area contributed by atoms with Crippen molar-refractivity contribution in [3.63, 3.8) is 0 Å². The van der Waals surface area contributed by atoms with Crippen molar-refractivity contribution in [3.05, 3.63) is 181 Å². The zero-order valence-electron chi connectivity index (χ0n) is 25.8. The molecular weight excluding hydrogens is 585 g/mol. The van der Waals surface area contributed by atoms with Gasteiger partial charge < -0.3 is 9.13 Å². The van der Waals surface area contributed by atoms with Gasteiger partial charge in [0.25, 0.3) is 0 Å². The second kappa shape index (κ2) is 10.9. The molecular formula is C44H26N4. The summed E-state index contributed by atoms with van der Waals surface area (Å²) in [6, 6.07) is 54.4. The van der Waals surface area contributed by atoms with Crippen LogP contribution in [0.3, 0.4) is 0 Å². The molecule has 9 rings (SSSR count). The largest absolute Gasteiger partial charge is 0.311 e. The van der Waals surface area contributed by atoms with Gasteiger partial charge in [0.05, 0.1) is 35.4 Å². The van der Waals surface area contributed by atoms with E-state index in [4.69, 9.17) is 13.1 Å². The van der Waals surface area contributed by atoms with Gasteiger partial charge in [-0.3, -0.25) is 0 Å². The fourth-order valence-electron chi connectivity index (χ4n) is 7.22. The van der Waals surface area contributed by atoms with E-state index >= 15 is 0 Å². The molecule has 0 aliphatic heterocycles. The molecule has 0 aliphatic rings. The second-order valence-electron chi connectivity index (χ2n) is 11.9. The first-order valence-corrected chi connectivity index (χ1v) is 15.8. The van der Waals surface area contributed by atoms with Crippen molar-refractivity contribution in [3.8, 4) is 33.6 Å². The molecule has 0 aliphatic carbocycles. The molecule has 222 valence electrons. The topological polar surface area (TPSA) is 18.6 Å². The highest BCUT2D eigenvalue weighted by Gasteiger charge is 2.18. The lowest BCUT2D eigenvalue weighted by Crippen LogP contribution is -1.97. The van der Waals surface area contributed by atoms with Gasteiger partial charge >= 0.3 is 0 Å². The van der Waals surface area contributed by atoms with Gasteiger partial charge in [-0.05, 0) is 64.7 Å². The maximum Gasteiger partial charge on any atom is 0.195 e. The van der Waals surface area contributed by atoms with E-state index in [9.17, 15) is 0 Å². The normalized spacial score (nSPS) is 11.3. The van der Waals surface area contributed by atoms with Gasteiger partial charge in [0.2, 0.25) is 0 Å². The molecule has 0 saturated heterocycles. The molecule has 48 heavy (non-hydrogen) atoms. The summed E-state index contributed by atoms with van der Waals surface area (Å²) in [5.74, 6) is 0. The van der Waals surface area contributed by atoms with Crippen LogP contribution in [0.1, 0.15) is 0 Å². The Bertz CT molecular complexity index is 2750. The van der Waals surface area contributed by atoms with Crippen LogP contribution in [0.4, 0.5) is 11.4 Å². The Morgan fingerprint density at radius 3 is 1.60 bits per heavy atom. The molecule has 0 fully saturated rings. The molecule has 4 heteroatoms. The number of hydrogen-bond acceptors (Lipinski definition) is 0. The Labute approximate surface area is 277 Å². The van der Waals surface area contributed by atoms with Crippen molar-refractivity contribution in [2.24, 2.45) is 0 Å². The van der Waals surface area contributed by atoms with Crippen LogP contribution in [-0.4, -0.2) is 9.13 Å². The second-order valence-corrected chi connectivity index (χ2v) is 11.9. The first kappa shape index (κ1) is 27.4. The minimum absolute atomic E-state index is 0.615. The van der Waals surface area contributed by atoms with Crippen LogP contribution in [0.2, 0.25) is 0 Å².